The van der Waals surface area contributed by atoms with Gasteiger partial charge in [0.05, 0.1) is 29.1 Å². The Bertz CT molecular complexity index is 1780. The highest BCUT2D eigenvalue weighted by Gasteiger charge is 2.32. The average molecular weight is 617 g/mol. The van der Waals surface area contributed by atoms with Crippen LogP contribution in [0.2, 0.25) is 5.02 Å². The Morgan fingerprint density at radius 3 is 2.73 bits per heavy atom. The number of anilines is 1. The second-order valence-corrected chi connectivity index (χ2v) is 12.3. The number of alkyl halides is 2. The lowest BCUT2D eigenvalue weighted by atomic mass is 9.88. The fourth-order valence-corrected chi connectivity index (χ4v) is 7.03. The molecule has 2 aliphatic heterocycles. The van der Waals surface area contributed by atoms with E-state index >= 15 is 0 Å². The molecule has 0 aliphatic carbocycles. The summed E-state index contributed by atoms with van der Waals surface area (Å²) in [7, 11) is 0. The summed E-state index contributed by atoms with van der Waals surface area (Å²) in [6, 6.07) is 10.2. The van der Waals surface area contributed by atoms with Crippen molar-refractivity contribution in [2.45, 2.75) is 50.9 Å². The molecular formula is C33H35ClF2N8. The van der Waals surface area contributed by atoms with Crippen molar-refractivity contribution in [1.82, 2.24) is 34.2 Å². The number of imidazole rings is 2. The van der Waals surface area contributed by atoms with Crippen LogP contribution < -0.4 is 5.32 Å². The summed E-state index contributed by atoms with van der Waals surface area (Å²) in [4.78, 5) is 14.2. The Labute approximate surface area is 259 Å². The van der Waals surface area contributed by atoms with Gasteiger partial charge in [-0.05, 0) is 67.1 Å². The van der Waals surface area contributed by atoms with Crippen LogP contribution in [0, 0.1) is 6.92 Å². The maximum Gasteiger partial charge on any atom is 0.204 e. The number of aryl methyl sites for hydroxylation is 1. The van der Waals surface area contributed by atoms with Crippen molar-refractivity contribution in [3.05, 3.63) is 95.1 Å². The van der Waals surface area contributed by atoms with Crippen LogP contribution in [0.1, 0.15) is 47.3 Å². The normalized spacial score (nSPS) is 18.1. The van der Waals surface area contributed by atoms with Gasteiger partial charge in [-0.3, -0.25) is 4.68 Å². The number of fused-ring (bicyclic) bond motifs is 2. The molecule has 8 nitrogen and oxygen atoms in total. The summed E-state index contributed by atoms with van der Waals surface area (Å²) >= 11 is 6.92. The largest absolute Gasteiger partial charge is 0.331 e. The first-order chi connectivity index (χ1) is 21.4. The maximum absolute atomic E-state index is 14.4. The Morgan fingerprint density at radius 1 is 1.20 bits per heavy atom. The summed E-state index contributed by atoms with van der Waals surface area (Å²) < 4.78 is 30.8. The van der Waals surface area contributed by atoms with E-state index in [4.69, 9.17) is 21.7 Å². The second-order valence-electron chi connectivity index (χ2n) is 11.9. The van der Waals surface area contributed by atoms with Gasteiger partial charge in [-0.15, -0.1) is 0 Å². The molecule has 0 amide bonds. The molecule has 3 aromatic heterocycles. The molecule has 5 heterocycles. The highest BCUT2D eigenvalue weighted by molar-refractivity contribution is 6.36. The molecule has 228 valence electrons. The van der Waals surface area contributed by atoms with Crippen molar-refractivity contribution in [1.29, 1.82) is 0 Å². The van der Waals surface area contributed by atoms with Crippen LogP contribution in [0.3, 0.4) is 0 Å². The third-order valence-corrected chi connectivity index (χ3v) is 9.43. The van der Waals surface area contributed by atoms with E-state index in [1.165, 1.54) is 5.56 Å². The van der Waals surface area contributed by atoms with Gasteiger partial charge in [0.2, 0.25) is 5.95 Å². The number of nitrogens with zero attached hydrogens (tertiary/aromatic N) is 6. The fourth-order valence-electron chi connectivity index (χ4n) is 6.78. The van der Waals surface area contributed by atoms with E-state index in [9.17, 15) is 8.78 Å². The third-order valence-electron chi connectivity index (χ3n) is 9.12. The predicted molar refractivity (Wildman–Crippen MR) is 170 cm³/mol. The van der Waals surface area contributed by atoms with E-state index < -0.39 is 12.2 Å². The third kappa shape index (κ3) is 5.30. The Kier molecular flexibility index (Phi) is 7.72. The number of nitrogens with one attached hydrogen (secondary N) is 2. The number of piperidine rings is 1. The van der Waals surface area contributed by atoms with Gasteiger partial charge in [-0.2, -0.15) is 5.10 Å². The molecule has 44 heavy (non-hydrogen) atoms. The smallest absolute Gasteiger partial charge is 0.204 e. The van der Waals surface area contributed by atoms with Crippen molar-refractivity contribution in [2.24, 2.45) is 0 Å². The van der Waals surface area contributed by atoms with Gasteiger partial charge < -0.3 is 19.8 Å². The summed E-state index contributed by atoms with van der Waals surface area (Å²) in [5.41, 5.74) is 7.32. The number of H-pyrrole nitrogens is 1. The number of benzene rings is 2. The molecule has 11 heteroatoms. The van der Waals surface area contributed by atoms with Crippen LogP contribution in [0.4, 0.5) is 14.7 Å². The molecule has 1 saturated heterocycles. The molecule has 2 atom stereocenters. The fraction of sp³-hybridized carbons (Fsp3) is 0.364. The Balaban J connectivity index is 1.22. The van der Waals surface area contributed by atoms with Crippen molar-refractivity contribution < 1.29 is 8.78 Å². The standard InChI is InChI=1S/C33H35ClF2N8/c1-20-26(24-5-3-22(4-6-24)23-7-12-42(13-8-23)14-9-35)16-28(34)27-18-44(41-30(20)27)32(21(2)40-33-37-10-11-38-33)31-29-15-25(36)17-43(29)19-39-31/h3-6,10-11,16,18-19,23,25,32H,2,7-9,12-15,17H2,1H3,(H2,37,38,40)/t25-,32?/m1/s1. The number of aromatic amines is 1. The van der Waals surface area contributed by atoms with E-state index in [0.29, 0.717) is 41.4 Å². The minimum atomic E-state index is -0.949. The molecule has 5 aromatic rings. The number of rotatable bonds is 9. The van der Waals surface area contributed by atoms with Crippen LogP contribution >= 0.6 is 11.6 Å². The van der Waals surface area contributed by atoms with Crippen molar-refractivity contribution >= 4 is 28.5 Å². The van der Waals surface area contributed by atoms with E-state index in [-0.39, 0.29) is 13.1 Å². The molecular weight excluding hydrogens is 582 g/mol. The highest BCUT2D eigenvalue weighted by atomic mass is 35.5. The number of hydrogen-bond acceptors (Lipinski definition) is 5. The zero-order chi connectivity index (χ0) is 30.4. The molecule has 0 saturated carbocycles. The first-order valence-electron chi connectivity index (χ1n) is 15.1. The molecule has 2 aliphatic rings. The quantitative estimate of drug-likeness (QED) is 0.190. The van der Waals surface area contributed by atoms with Crippen molar-refractivity contribution in [3.63, 3.8) is 0 Å². The molecule has 7 rings (SSSR count). The lowest BCUT2D eigenvalue weighted by Gasteiger charge is -2.31. The monoisotopic (exact) mass is 616 g/mol. The molecule has 0 radical (unpaired) electrons. The number of allylic oxidation sites excluding steroid dienone is 1. The molecule has 2 N–H and O–H groups in total. The Morgan fingerprint density at radius 2 is 2.00 bits per heavy atom. The first-order valence-corrected chi connectivity index (χ1v) is 15.5. The number of halogens is 3. The minimum Gasteiger partial charge on any atom is -0.331 e. The number of hydrogen-bond donors (Lipinski definition) is 2. The molecule has 0 spiro atoms. The lowest BCUT2D eigenvalue weighted by molar-refractivity contribution is 0.197. The zero-order valence-corrected chi connectivity index (χ0v) is 25.4. The van der Waals surface area contributed by atoms with Crippen LogP contribution in [0.5, 0.6) is 0 Å². The highest BCUT2D eigenvalue weighted by Crippen LogP contribution is 2.38. The van der Waals surface area contributed by atoms with Crippen LogP contribution in [0.15, 0.2) is 67.5 Å². The van der Waals surface area contributed by atoms with Crippen LogP contribution in [0.25, 0.3) is 22.0 Å². The van der Waals surface area contributed by atoms with Gasteiger partial charge in [-0.25, -0.2) is 18.7 Å². The van der Waals surface area contributed by atoms with Crippen LogP contribution in [-0.4, -0.2) is 66.7 Å². The second kappa shape index (κ2) is 11.8. The summed E-state index contributed by atoms with van der Waals surface area (Å²) in [6.45, 7) is 8.79. The maximum atomic E-state index is 14.4. The van der Waals surface area contributed by atoms with Crippen molar-refractivity contribution in [3.8, 4) is 11.1 Å². The average Bonchev–Trinajstić information content (AvgIpc) is 3.83. The lowest BCUT2D eigenvalue weighted by Crippen LogP contribution is -2.34. The van der Waals surface area contributed by atoms with Crippen LogP contribution in [-0.2, 0) is 13.0 Å². The van der Waals surface area contributed by atoms with Gasteiger partial charge in [0.1, 0.15) is 18.9 Å². The van der Waals surface area contributed by atoms with Gasteiger partial charge in [0.15, 0.2) is 0 Å². The SMILES string of the molecule is C=C(Nc1ncc[nH]1)C(c1ncn2c1C[C@@H](F)C2)n1cc2c(Cl)cc(-c3ccc(C4CCN(CCF)CC4)cc3)c(C)c2n1. The Hall–Kier alpha value is -4.02. The molecule has 1 unspecified atom stereocenters. The molecule has 2 aromatic carbocycles. The predicted octanol–water partition coefficient (Wildman–Crippen LogP) is 6.84. The van der Waals surface area contributed by atoms with Gasteiger partial charge >= 0.3 is 0 Å². The van der Waals surface area contributed by atoms with Gasteiger partial charge in [-0.1, -0.05) is 42.4 Å². The number of aromatic nitrogens is 6. The van der Waals surface area contributed by atoms with E-state index in [1.807, 2.05) is 21.5 Å². The zero-order valence-electron chi connectivity index (χ0n) is 24.6. The van der Waals surface area contributed by atoms with Gasteiger partial charge in [0, 0.05) is 48.3 Å². The summed E-state index contributed by atoms with van der Waals surface area (Å²) in [6.07, 6.45) is 8.41. The topological polar surface area (TPSA) is 79.6 Å². The van der Waals surface area contributed by atoms with Gasteiger partial charge in [0.25, 0.3) is 0 Å². The first kappa shape index (κ1) is 28.7. The van der Waals surface area contributed by atoms with E-state index in [0.717, 1.165) is 59.2 Å². The summed E-state index contributed by atoms with van der Waals surface area (Å²) in [5, 5.41) is 9.71. The van der Waals surface area contributed by atoms with E-state index in [1.54, 1.807) is 18.7 Å². The van der Waals surface area contributed by atoms with Crippen molar-refractivity contribution in [2.75, 3.05) is 31.6 Å². The van der Waals surface area contributed by atoms with E-state index in [2.05, 4.69) is 58.0 Å². The number of likely N-dealkylation sites (tertiary alicyclic amines) is 1. The molecule has 0 bridgehead atoms. The summed E-state index contributed by atoms with van der Waals surface area (Å²) in [5.74, 6) is 1.03. The molecule has 1 fully saturated rings. The minimum absolute atomic E-state index is 0.286.